The highest BCUT2D eigenvalue weighted by molar-refractivity contribution is 7.20. The molecule has 1 saturated heterocycles. The summed E-state index contributed by atoms with van der Waals surface area (Å²) in [5.41, 5.74) is 2.34. The lowest BCUT2D eigenvalue weighted by molar-refractivity contribution is 0.0751. The molecule has 0 N–H and O–H groups in total. The number of halogens is 2. The first-order valence-corrected chi connectivity index (χ1v) is 11.4. The monoisotopic (exact) mass is 468 g/mol. The molecule has 5 rings (SSSR count). The van der Waals surface area contributed by atoms with Gasteiger partial charge in [-0.1, -0.05) is 0 Å². The van der Waals surface area contributed by atoms with E-state index in [1.165, 1.54) is 36.6 Å². The van der Waals surface area contributed by atoms with Gasteiger partial charge in [0.05, 0.1) is 23.4 Å². The lowest BCUT2D eigenvalue weighted by atomic mass is 10.2. The Labute approximate surface area is 193 Å². The number of aromatic nitrogens is 2. The molecular formula is C24H22F2N4O2S. The van der Waals surface area contributed by atoms with Crippen LogP contribution in [0.25, 0.3) is 15.9 Å². The number of methoxy groups -OCH3 is 1. The van der Waals surface area contributed by atoms with Crippen LogP contribution >= 0.6 is 11.3 Å². The van der Waals surface area contributed by atoms with E-state index in [4.69, 9.17) is 4.74 Å². The number of hydrogen-bond donors (Lipinski definition) is 0. The number of nitrogens with zero attached hydrogens (tertiary/aromatic N) is 4. The maximum Gasteiger partial charge on any atom is 0.264 e. The van der Waals surface area contributed by atoms with Crippen molar-refractivity contribution in [2.75, 3.05) is 38.2 Å². The highest BCUT2D eigenvalue weighted by atomic mass is 32.1. The first-order chi connectivity index (χ1) is 15.9. The van der Waals surface area contributed by atoms with Gasteiger partial charge in [-0.05, 0) is 49.4 Å². The summed E-state index contributed by atoms with van der Waals surface area (Å²) in [6.07, 6.45) is 0. The van der Waals surface area contributed by atoms with Gasteiger partial charge in [-0.3, -0.25) is 4.79 Å². The number of hydrogen-bond acceptors (Lipinski definition) is 5. The second-order valence-electron chi connectivity index (χ2n) is 7.90. The van der Waals surface area contributed by atoms with Gasteiger partial charge in [0.1, 0.15) is 10.6 Å². The number of ether oxygens (including phenoxy) is 1. The number of benzene rings is 2. The molecule has 2 aromatic heterocycles. The fourth-order valence-electron chi connectivity index (χ4n) is 4.09. The number of anilines is 1. The summed E-state index contributed by atoms with van der Waals surface area (Å²) in [6.45, 7) is 4.22. The third-order valence-electron chi connectivity index (χ3n) is 5.89. The predicted molar refractivity (Wildman–Crippen MR) is 125 cm³/mol. The maximum absolute atomic E-state index is 14.1. The van der Waals surface area contributed by atoms with Gasteiger partial charge in [0.2, 0.25) is 0 Å². The number of rotatable bonds is 4. The van der Waals surface area contributed by atoms with E-state index >= 15 is 0 Å². The van der Waals surface area contributed by atoms with Gasteiger partial charge in [-0.15, -0.1) is 11.3 Å². The van der Waals surface area contributed by atoms with Crippen molar-refractivity contribution < 1.29 is 18.3 Å². The first-order valence-electron chi connectivity index (χ1n) is 10.6. The van der Waals surface area contributed by atoms with E-state index in [2.05, 4.69) is 10.00 Å². The average Bonchev–Trinajstić information content (AvgIpc) is 3.40. The van der Waals surface area contributed by atoms with Crippen LogP contribution in [0, 0.1) is 18.6 Å². The molecule has 9 heteroatoms. The van der Waals surface area contributed by atoms with E-state index in [-0.39, 0.29) is 17.5 Å². The Morgan fingerprint density at radius 1 is 1.00 bits per heavy atom. The molecule has 3 heterocycles. The topological polar surface area (TPSA) is 50.6 Å². The number of carbonyl (C=O) groups excluding carboxylic acids is 1. The molecule has 2 aromatic carbocycles. The lowest BCUT2D eigenvalue weighted by Gasteiger charge is -2.36. The molecule has 6 nitrogen and oxygen atoms in total. The minimum Gasteiger partial charge on any atom is -0.494 e. The van der Waals surface area contributed by atoms with Crippen LogP contribution in [0.15, 0.2) is 48.5 Å². The van der Waals surface area contributed by atoms with Gasteiger partial charge in [0.15, 0.2) is 11.6 Å². The zero-order valence-electron chi connectivity index (χ0n) is 18.2. The fraction of sp³-hybridized carbons (Fsp3) is 0.250. The van der Waals surface area contributed by atoms with Crippen molar-refractivity contribution in [3.63, 3.8) is 0 Å². The van der Waals surface area contributed by atoms with E-state index in [0.717, 1.165) is 27.3 Å². The Balaban J connectivity index is 1.33. The molecular weight excluding hydrogens is 446 g/mol. The van der Waals surface area contributed by atoms with Gasteiger partial charge >= 0.3 is 0 Å². The summed E-state index contributed by atoms with van der Waals surface area (Å²) < 4.78 is 34.1. The van der Waals surface area contributed by atoms with Crippen molar-refractivity contribution in [1.82, 2.24) is 14.7 Å². The third kappa shape index (κ3) is 3.93. The van der Waals surface area contributed by atoms with Gasteiger partial charge in [0.25, 0.3) is 5.91 Å². The summed E-state index contributed by atoms with van der Waals surface area (Å²) in [5.74, 6) is -0.518. The molecule has 0 spiro atoms. The molecule has 0 bridgehead atoms. The summed E-state index contributed by atoms with van der Waals surface area (Å²) >= 11 is 1.39. The van der Waals surface area contributed by atoms with Crippen molar-refractivity contribution in [2.24, 2.45) is 0 Å². The Morgan fingerprint density at radius 2 is 1.70 bits per heavy atom. The van der Waals surface area contributed by atoms with Crippen LogP contribution in [-0.2, 0) is 0 Å². The van der Waals surface area contributed by atoms with Crippen LogP contribution in [0.1, 0.15) is 15.4 Å². The van der Waals surface area contributed by atoms with Crippen LogP contribution in [-0.4, -0.2) is 53.9 Å². The van der Waals surface area contributed by atoms with Crippen molar-refractivity contribution in [3.05, 3.63) is 70.7 Å². The van der Waals surface area contributed by atoms with Crippen LogP contribution in [0.5, 0.6) is 5.75 Å². The van der Waals surface area contributed by atoms with Gasteiger partial charge in [-0.25, -0.2) is 13.5 Å². The Kier molecular flexibility index (Phi) is 5.49. The number of carbonyl (C=O) groups is 1. The largest absolute Gasteiger partial charge is 0.494 e. The molecule has 1 aliphatic rings. The van der Waals surface area contributed by atoms with Crippen molar-refractivity contribution in [1.29, 1.82) is 0 Å². The van der Waals surface area contributed by atoms with Crippen LogP contribution in [0.2, 0.25) is 0 Å². The Morgan fingerprint density at radius 3 is 2.36 bits per heavy atom. The molecule has 33 heavy (non-hydrogen) atoms. The van der Waals surface area contributed by atoms with Crippen molar-refractivity contribution >= 4 is 33.1 Å². The van der Waals surface area contributed by atoms with Gasteiger partial charge in [-0.2, -0.15) is 5.10 Å². The van der Waals surface area contributed by atoms with Crippen molar-refractivity contribution in [2.45, 2.75) is 6.92 Å². The maximum atomic E-state index is 14.1. The second kappa shape index (κ2) is 8.47. The molecule has 0 radical (unpaired) electrons. The summed E-state index contributed by atoms with van der Waals surface area (Å²) in [4.78, 5) is 18.6. The summed E-state index contributed by atoms with van der Waals surface area (Å²) in [7, 11) is 1.44. The minimum atomic E-state index is -0.399. The number of aryl methyl sites for hydroxylation is 1. The first kappa shape index (κ1) is 21.4. The molecule has 4 aromatic rings. The average molecular weight is 469 g/mol. The van der Waals surface area contributed by atoms with Gasteiger partial charge in [0, 0.05) is 43.3 Å². The Hall–Kier alpha value is -3.46. The highest BCUT2D eigenvalue weighted by Gasteiger charge is 2.25. The second-order valence-corrected chi connectivity index (χ2v) is 8.93. The molecule has 0 aliphatic carbocycles. The third-order valence-corrected chi connectivity index (χ3v) is 6.99. The van der Waals surface area contributed by atoms with Crippen LogP contribution < -0.4 is 9.64 Å². The van der Waals surface area contributed by atoms with E-state index in [1.54, 1.807) is 22.9 Å². The van der Waals surface area contributed by atoms with Gasteiger partial charge < -0.3 is 14.5 Å². The molecule has 1 aliphatic heterocycles. The number of fused-ring (bicyclic) bond motifs is 1. The quantitative estimate of drug-likeness (QED) is 0.438. The lowest BCUT2D eigenvalue weighted by Crippen LogP contribution is -2.48. The number of amides is 1. The smallest absolute Gasteiger partial charge is 0.264 e. The molecule has 0 unspecified atom stereocenters. The fourth-order valence-corrected chi connectivity index (χ4v) is 5.24. The molecule has 0 saturated carbocycles. The standard InChI is InChI=1S/C24H22F2N4O2S/c1-15-19-14-22(33-24(19)30(27-15)17-5-3-16(25)4-6-17)23(31)29-11-9-28(10-12-29)18-7-8-21(32-2)20(26)13-18/h3-8,13-14H,9-12H2,1-2H3. The van der Waals surface area contributed by atoms with E-state index in [0.29, 0.717) is 31.1 Å². The number of piperazine rings is 1. The van der Waals surface area contributed by atoms with E-state index in [9.17, 15) is 13.6 Å². The zero-order valence-corrected chi connectivity index (χ0v) is 19.0. The molecule has 170 valence electrons. The van der Waals surface area contributed by atoms with Crippen molar-refractivity contribution in [3.8, 4) is 11.4 Å². The predicted octanol–water partition coefficient (Wildman–Crippen LogP) is 4.64. The minimum absolute atomic E-state index is 0.0261. The van der Waals surface area contributed by atoms with Crippen LogP contribution in [0.3, 0.4) is 0 Å². The molecule has 1 amide bonds. The summed E-state index contributed by atoms with van der Waals surface area (Å²) in [5, 5.41) is 5.48. The molecule has 0 atom stereocenters. The Bertz CT molecular complexity index is 1320. The van der Waals surface area contributed by atoms with E-state index in [1.807, 2.05) is 24.0 Å². The molecule has 1 fully saturated rings. The zero-order chi connectivity index (χ0) is 23.1. The normalized spacial score (nSPS) is 14.2. The summed E-state index contributed by atoms with van der Waals surface area (Å²) in [6, 6.07) is 12.9. The van der Waals surface area contributed by atoms with Crippen LogP contribution in [0.4, 0.5) is 14.5 Å². The number of thiophene rings is 1. The highest BCUT2D eigenvalue weighted by Crippen LogP contribution is 2.32. The van der Waals surface area contributed by atoms with E-state index < -0.39 is 5.82 Å². The SMILES string of the molecule is COc1ccc(N2CCN(C(=O)c3cc4c(C)nn(-c5ccc(F)cc5)c4s3)CC2)cc1F.